The molecule has 0 amide bonds. The van der Waals surface area contributed by atoms with Crippen molar-refractivity contribution in [1.82, 2.24) is 0 Å². The normalized spacial score (nSPS) is 16.1. The minimum Gasteiger partial charge on any atom is -0.497 e. The van der Waals surface area contributed by atoms with Crippen LogP contribution in [0.3, 0.4) is 0 Å². The summed E-state index contributed by atoms with van der Waals surface area (Å²) in [6.07, 6.45) is 4.63. The smallest absolute Gasteiger partial charge is 0.146 e. The maximum absolute atomic E-state index is 11.9. The second-order valence-electron chi connectivity index (χ2n) is 4.42. The number of hydrogen-bond acceptors (Lipinski definition) is 3. The summed E-state index contributed by atoms with van der Waals surface area (Å²) in [6, 6.07) is 7.88. The molecule has 1 aromatic carbocycles. The van der Waals surface area contributed by atoms with Gasteiger partial charge < -0.3 is 4.74 Å². The van der Waals surface area contributed by atoms with E-state index in [1.54, 1.807) is 18.9 Å². The van der Waals surface area contributed by atoms with Gasteiger partial charge in [-0.1, -0.05) is 18.9 Å². The third-order valence-corrected chi connectivity index (χ3v) is 4.25. The quantitative estimate of drug-likeness (QED) is 0.748. The molecule has 3 heteroatoms. The van der Waals surface area contributed by atoms with Crippen LogP contribution < -0.4 is 4.74 Å². The molecule has 0 N–H and O–H groups in total. The lowest BCUT2D eigenvalue weighted by atomic mass is 10.0. The number of ketones is 1. The Kier molecular flexibility index (Phi) is 4.49. The standard InChI is InChI=1S/C14H18O2S/c1-16-12-7-4-8-13(9-12)17-10-14(15)11-5-2-3-6-11/h4,7-9,11H,2-3,5-6,10H2,1H3. The molecule has 2 rings (SSSR count). The summed E-state index contributed by atoms with van der Waals surface area (Å²) < 4.78 is 5.16. The van der Waals surface area contributed by atoms with Crippen LogP contribution in [0.5, 0.6) is 5.75 Å². The number of carbonyl (C=O) groups excluding carboxylic acids is 1. The molecule has 0 heterocycles. The zero-order chi connectivity index (χ0) is 12.1. The molecule has 0 atom stereocenters. The highest BCUT2D eigenvalue weighted by atomic mass is 32.2. The fraction of sp³-hybridized carbons (Fsp3) is 0.500. The van der Waals surface area contributed by atoms with Gasteiger partial charge in [-0.3, -0.25) is 4.79 Å². The van der Waals surface area contributed by atoms with E-state index in [0.717, 1.165) is 23.5 Å². The minimum absolute atomic E-state index is 0.327. The fourth-order valence-corrected chi connectivity index (χ4v) is 3.13. The van der Waals surface area contributed by atoms with Gasteiger partial charge in [-0.2, -0.15) is 0 Å². The van der Waals surface area contributed by atoms with Crippen LogP contribution in [0.25, 0.3) is 0 Å². The van der Waals surface area contributed by atoms with Crippen LogP contribution in [-0.2, 0) is 4.79 Å². The molecular formula is C14H18O2S. The summed E-state index contributed by atoms with van der Waals surface area (Å²) in [7, 11) is 1.66. The molecule has 1 saturated carbocycles. The summed E-state index contributed by atoms with van der Waals surface area (Å²) in [5.74, 6) is 2.18. The van der Waals surface area contributed by atoms with Crippen molar-refractivity contribution in [1.29, 1.82) is 0 Å². The number of rotatable bonds is 5. The molecule has 2 nitrogen and oxygen atoms in total. The van der Waals surface area contributed by atoms with Gasteiger partial charge in [-0.15, -0.1) is 11.8 Å². The SMILES string of the molecule is COc1cccc(SCC(=O)C2CCCC2)c1. The van der Waals surface area contributed by atoms with Gasteiger partial charge in [-0.05, 0) is 31.0 Å². The van der Waals surface area contributed by atoms with Crippen LogP contribution in [-0.4, -0.2) is 18.6 Å². The maximum Gasteiger partial charge on any atom is 0.146 e. The predicted octanol–water partition coefficient (Wildman–Crippen LogP) is 3.55. The average molecular weight is 250 g/mol. The lowest BCUT2D eigenvalue weighted by molar-refractivity contribution is -0.120. The van der Waals surface area contributed by atoms with E-state index in [1.807, 2.05) is 24.3 Å². The molecule has 1 aliphatic rings. The third-order valence-electron chi connectivity index (χ3n) is 3.23. The first-order chi connectivity index (χ1) is 8.29. The Hall–Kier alpha value is -0.960. The van der Waals surface area contributed by atoms with Gasteiger partial charge >= 0.3 is 0 Å². The molecule has 1 fully saturated rings. The number of Topliss-reactive ketones (excluding diaryl/α,β-unsaturated/α-hetero) is 1. The first-order valence-electron chi connectivity index (χ1n) is 6.09. The second kappa shape index (κ2) is 6.10. The summed E-state index contributed by atoms with van der Waals surface area (Å²) in [5.41, 5.74) is 0. The van der Waals surface area contributed by atoms with Crippen molar-refractivity contribution in [3.8, 4) is 5.75 Å². The van der Waals surface area contributed by atoms with Crippen LogP contribution in [0.4, 0.5) is 0 Å². The van der Waals surface area contributed by atoms with Crippen molar-refractivity contribution < 1.29 is 9.53 Å². The Morgan fingerprint density at radius 3 is 2.88 bits per heavy atom. The van der Waals surface area contributed by atoms with Crippen molar-refractivity contribution in [2.45, 2.75) is 30.6 Å². The number of ether oxygens (including phenoxy) is 1. The first kappa shape index (κ1) is 12.5. The summed E-state index contributed by atoms with van der Waals surface area (Å²) in [4.78, 5) is 13.0. The van der Waals surface area contributed by atoms with Crippen molar-refractivity contribution in [3.63, 3.8) is 0 Å². The molecule has 0 aliphatic heterocycles. The van der Waals surface area contributed by atoms with Crippen LogP contribution >= 0.6 is 11.8 Å². The molecule has 0 radical (unpaired) electrons. The molecule has 0 spiro atoms. The minimum atomic E-state index is 0.327. The lowest BCUT2D eigenvalue weighted by Gasteiger charge is -2.08. The van der Waals surface area contributed by atoms with Gasteiger partial charge in [0.2, 0.25) is 0 Å². The Balaban J connectivity index is 1.86. The molecular weight excluding hydrogens is 232 g/mol. The Morgan fingerprint density at radius 2 is 2.18 bits per heavy atom. The highest BCUT2D eigenvalue weighted by Crippen LogP contribution is 2.29. The Bertz CT molecular complexity index is 384. The zero-order valence-electron chi connectivity index (χ0n) is 10.1. The Morgan fingerprint density at radius 1 is 1.41 bits per heavy atom. The van der Waals surface area contributed by atoms with E-state index in [9.17, 15) is 4.79 Å². The predicted molar refractivity (Wildman–Crippen MR) is 70.7 cm³/mol. The monoisotopic (exact) mass is 250 g/mol. The zero-order valence-corrected chi connectivity index (χ0v) is 11.0. The molecule has 1 aliphatic carbocycles. The second-order valence-corrected chi connectivity index (χ2v) is 5.46. The van der Waals surface area contributed by atoms with Gasteiger partial charge in [0.05, 0.1) is 12.9 Å². The van der Waals surface area contributed by atoms with Gasteiger partial charge in [0, 0.05) is 10.8 Å². The van der Waals surface area contributed by atoms with Crippen molar-refractivity contribution in [3.05, 3.63) is 24.3 Å². The largest absolute Gasteiger partial charge is 0.497 e. The fourth-order valence-electron chi connectivity index (χ4n) is 2.21. The van der Waals surface area contributed by atoms with Crippen molar-refractivity contribution in [2.24, 2.45) is 5.92 Å². The van der Waals surface area contributed by atoms with E-state index in [0.29, 0.717) is 17.5 Å². The highest BCUT2D eigenvalue weighted by molar-refractivity contribution is 8.00. The number of hydrogen-bond donors (Lipinski definition) is 0. The van der Waals surface area contributed by atoms with Gasteiger partial charge in [0.15, 0.2) is 0 Å². The summed E-state index contributed by atoms with van der Waals surface area (Å²) >= 11 is 1.62. The topological polar surface area (TPSA) is 26.3 Å². The summed E-state index contributed by atoms with van der Waals surface area (Å²) in [5, 5.41) is 0. The highest BCUT2D eigenvalue weighted by Gasteiger charge is 2.22. The molecule has 0 unspecified atom stereocenters. The molecule has 1 aromatic rings. The Labute approximate surface area is 107 Å². The van der Waals surface area contributed by atoms with E-state index < -0.39 is 0 Å². The third kappa shape index (κ3) is 3.50. The lowest BCUT2D eigenvalue weighted by Crippen LogP contribution is -2.12. The van der Waals surface area contributed by atoms with E-state index >= 15 is 0 Å². The molecule has 92 valence electrons. The van der Waals surface area contributed by atoms with E-state index in [1.165, 1.54) is 12.8 Å². The van der Waals surface area contributed by atoms with Crippen LogP contribution in [0, 0.1) is 5.92 Å². The van der Waals surface area contributed by atoms with Gasteiger partial charge in [0.1, 0.15) is 11.5 Å². The van der Waals surface area contributed by atoms with Crippen molar-refractivity contribution >= 4 is 17.5 Å². The molecule has 0 bridgehead atoms. The van der Waals surface area contributed by atoms with Crippen LogP contribution in [0.15, 0.2) is 29.2 Å². The first-order valence-corrected chi connectivity index (χ1v) is 7.07. The van der Waals surface area contributed by atoms with Crippen LogP contribution in [0.2, 0.25) is 0 Å². The maximum atomic E-state index is 11.9. The average Bonchev–Trinajstić information content (AvgIpc) is 2.90. The molecule has 0 saturated heterocycles. The summed E-state index contributed by atoms with van der Waals surface area (Å²) in [6.45, 7) is 0. The van der Waals surface area contributed by atoms with Crippen molar-refractivity contribution in [2.75, 3.05) is 12.9 Å². The van der Waals surface area contributed by atoms with Gasteiger partial charge in [0.25, 0.3) is 0 Å². The molecule has 17 heavy (non-hydrogen) atoms. The van der Waals surface area contributed by atoms with E-state index in [4.69, 9.17) is 4.74 Å². The van der Waals surface area contributed by atoms with E-state index in [2.05, 4.69) is 0 Å². The number of carbonyl (C=O) groups is 1. The molecule has 0 aromatic heterocycles. The number of benzene rings is 1. The number of thioether (sulfide) groups is 1. The van der Waals surface area contributed by atoms with E-state index in [-0.39, 0.29) is 0 Å². The number of methoxy groups -OCH3 is 1. The van der Waals surface area contributed by atoms with Crippen LogP contribution in [0.1, 0.15) is 25.7 Å². The van der Waals surface area contributed by atoms with Gasteiger partial charge in [-0.25, -0.2) is 0 Å².